The molecular weight excluding hydrogens is 299 g/mol. The molecule has 2 heterocycles. The topological polar surface area (TPSA) is 33.6 Å². The van der Waals surface area contributed by atoms with Crippen LogP contribution in [0.25, 0.3) is 11.0 Å². The van der Waals surface area contributed by atoms with Gasteiger partial charge in [0.15, 0.2) is 4.77 Å². The largest absolute Gasteiger partial charge is 0.416 e. The third-order valence-electron chi connectivity index (χ3n) is 3.15. The summed E-state index contributed by atoms with van der Waals surface area (Å²) in [4.78, 5) is 7.01. The van der Waals surface area contributed by atoms with E-state index in [4.69, 9.17) is 12.2 Å². The van der Waals surface area contributed by atoms with Crippen molar-refractivity contribution in [3.05, 3.63) is 58.6 Å². The summed E-state index contributed by atoms with van der Waals surface area (Å²) in [7, 11) is 0. The van der Waals surface area contributed by atoms with Crippen molar-refractivity contribution >= 4 is 23.3 Å². The van der Waals surface area contributed by atoms with Gasteiger partial charge in [-0.25, -0.2) is 0 Å². The number of nitrogens with one attached hydrogen (secondary N) is 1. The molecule has 2 aromatic heterocycles. The second-order valence-corrected chi connectivity index (χ2v) is 4.95. The molecule has 7 heteroatoms. The molecule has 3 aromatic rings. The van der Waals surface area contributed by atoms with E-state index in [0.29, 0.717) is 22.3 Å². The normalized spacial score (nSPS) is 12.0. The fourth-order valence-electron chi connectivity index (χ4n) is 2.15. The van der Waals surface area contributed by atoms with E-state index in [0.717, 1.165) is 17.8 Å². The Hall–Kier alpha value is -2.15. The summed E-state index contributed by atoms with van der Waals surface area (Å²) < 4.78 is 40.2. The molecule has 3 nitrogen and oxygen atoms in total. The highest BCUT2D eigenvalue weighted by Gasteiger charge is 2.30. The van der Waals surface area contributed by atoms with Crippen molar-refractivity contribution in [3.8, 4) is 0 Å². The van der Waals surface area contributed by atoms with Gasteiger partial charge < -0.3 is 9.55 Å². The number of fused-ring (bicyclic) bond motifs is 1. The van der Waals surface area contributed by atoms with Crippen LogP contribution in [0.15, 0.2) is 42.6 Å². The predicted octanol–water partition coefficient (Wildman–Crippen LogP) is 4.16. The summed E-state index contributed by atoms with van der Waals surface area (Å²) in [6.45, 7) is 0.408. The lowest BCUT2D eigenvalue weighted by atomic mass is 10.2. The van der Waals surface area contributed by atoms with Gasteiger partial charge in [-0.2, -0.15) is 13.2 Å². The van der Waals surface area contributed by atoms with Crippen LogP contribution in [0.2, 0.25) is 0 Å². The molecule has 0 fully saturated rings. The third-order valence-corrected chi connectivity index (χ3v) is 3.47. The fourth-order valence-corrected chi connectivity index (χ4v) is 2.42. The second kappa shape index (κ2) is 5.00. The lowest BCUT2D eigenvalue weighted by molar-refractivity contribution is -0.137. The molecule has 1 aromatic carbocycles. The van der Waals surface area contributed by atoms with E-state index < -0.39 is 11.7 Å². The van der Waals surface area contributed by atoms with Gasteiger partial charge in [-0.05, 0) is 42.5 Å². The Bertz CT molecular complexity index is 834. The first-order chi connectivity index (χ1) is 9.95. The maximum atomic E-state index is 12.7. The van der Waals surface area contributed by atoms with Crippen molar-refractivity contribution in [2.45, 2.75) is 12.7 Å². The highest BCUT2D eigenvalue weighted by atomic mass is 32.1. The number of halogens is 3. The van der Waals surface area contributed by atoms with Crippen LogP contribution in [0.5, 0.6) is 0 Å². The quantitative estimate of drug-likeness (QED) is 0.721. The van der Waals surface area contributed by atoms with E-state index in [9.17, 15) is 13.2 Å². The van der Waals surface area contributed by atoms with Crippen molar-refractivity contribution in [2.24, 2.45) is 0 Å². The molecule has 0 spiro atoms. The minimum Gasteiger partial charge on any atom is -0.331 e. The molecule has 0 unspecified atom stereocenters. The van der Waals surface area contributed by atoms with Gasteiger partial charge in [-0.3, -0.25) is 4.98 Å². The molecule has 0 atom stereocenters. The minimum absolute atomic E-state index is 0.366. The van der Waals surface area contributed by atoms with E-state index in [2.05, 4.69) is 9.97 Å². The van der Waals surface area contributed by atoms with Gasteiger partial charge >= 0.3 is 6.18 Å². The number of H-pyrrole nitrogens is 1. The van der Waals surface area contributed by atoms with Crippen LogP contribution < -0.4 is 0 Å². The zero-order chi connectivity index (χ0) is 15.0. The van der Waals surface area contributed by atoms with Crippen LogP contribution in [-0.4, -0.2) is 14.5 Å². The lowest BCUT2D eigenvalue weighted by Crippen LogP contribution is -2.05. The summed E-state index contributed by atoms with van der Waals surface area (Å²) in [5, 5.41) is 0. The number of hydrogen-bond donors (Lipinski definition) is 1. The number of aromatic nitrogens is 3. The standard InChI is InChI=1S/C14H10F3N3S/c15-14(16,17)9-4-5-12-11(7-9)19-13(21)20(12)8-10-3-1-2-6-18-10/h1-7H,8H2,(H,19,21). The summed E-state index contributed by atoms with van der Waals surface area (Å²) in [6.07, 6.45) is -2.71. The van der Waals surface area contributed by atoms with Crippen LogP contribution in [0, 0.1) is 4.77 Å². The lowest BCUT2D eigenvalue weighted by Gasteiger charge is -2.07. The first-order valence-electron chi connectivity index (χ1n) is 6.15. The summed E-state index contributed by atoms with van der Waals surface area (Å²) >= 11 is 5.19. The van der Waals surface area contributed by atoms with Crippen molar-refractivity contribution < 1.29 is 13.2 Å². The van der Waals surface area contributed by atoms with Crippen molar-refractivity contribution in [3.63, 3.8) is 0 Å². The molecule has 3 rings (SSSR count). The Kier molecular flexibility index (Phi) is 3.29. The smallest absolute Gasteiger partial charge is 0.331 e. The SMILES string of the molecule is FC(F)(F)c1ccc2c(c1)[nH]c(=S)n2Cc1ccccn1. The Labute approximate surface area is 123 Å². The number of imidazole rings is 1. The van der Waals surface area contributed by atoms with Gasteiger partial charge in [0.05, 0.1) is 28.8 Å². The van der Waals surface area contributed by atoms with E-state index in [1.54, 1.807) is 16.8 Å². The van der Waals surface area contributed by atoms with Gasteiger partial charge in [0, 0.05) is 6.20 Å². The third kappa shape index (κ3) is 2.69. The number of hydrogen-bond acceptors (Lipinski definition) is 2. The Morgan fingerprint density at radius 3 is 2.67 bits per heavy atom. The first-order valence-corrected chi connectivity index (χ1v) is 6.55. The Morgan fingerprint density at radius 2 is 2.00 bits per heavy atom. The van der Waals surface area contributed by atoms with Crippen LogP contribution in [0.4, 0.5) is 13.2 Å². The molecule has 108 valence electrons. The molecule has 1 N–H and O–H groups in total. The molecular formula is C14H10F3N3S. The first kappa shape index (κ1) is 13.8. The zero-order valence-corrected chi connectivity index (χ0v) is 11.5. The van der Waals surface area contributed by atoms with Crippen molar-refractivity contribution in [2.75, 3.05) is 0 Å². The Morgan fingerprint density at radius 1 is 1.19 bits per heavy atom. The fraction of sp³-hybridized carbons (Fsp3) is 0.143. The molecule has 0 amide bonds. The highest BCUT2D eigenvalue weighted by Crippen LogP contribution is 2.31. The summed E-state index contributed by atoms with van der Waals surface area (Å²) in [5.74, 6) is 0. The molecule has 0 saturated carbocycles. The molecule has 21 heavy (non-hydrogen) atoms. The van der Waals surface area contributed by atoms with Crippen LogP contribution in [-0.2, 0) is 12.7 Å². The van der Waals surface area contributed by atoms with Crippen LogP contribution >= 0.6 is 12.2 Å². The number of rotatable bonds is 2. The number of aromatic amines is 1. The molecule has 0 saturated heterocycles. The maximum Gasteiger partial charge on any atom is 0.416 e. The minimum atomic E-state index is -4.37. The molecule has 0 bridgehead atoms. The number of nitrogens with zero attached hydrogens (tertiary/aromatic N) is 2. The van der Waals surface area contributed by atoms with E-state index in [1.807, 2.05) is 12.1 Å². The number of benzene rings is 1. The van der Waals surface area contributed by atoms with Gasteiger partial charge in [-0.1, -0.05) is 6.07 Å². The summed E-state index contributed by atoms with van der Waals surface area (Å²) in [5.41, 5.74) is 1.08. The second-order valence-electron chi connectivity index (χ2n) is 4.57. The number of alkyl halides is 3. The molecule has 0 aliphatic heterocycles. The average Bonchev–Trinajstić information content (AvgIpc) is 2.75. The van der Waals surface area contributed by atoms with Crippen LogP contribution in [0.3, 0.4) is 0 Å². The number of pyridine rings is 1. The maximum absolute atomic E-state index is 12.7. The van der Waals surface area contributed by atoms with Gasteiger partial charge in [0.2, 0.25) is 0 Å². The van der Waals surface area contributed by atoms with Gasteiger partial charge in [-0.15, -0.1) is 0 Å². The van der Waals surface area contributed by atoms with E-state index in [-0.39, 0.29) is 0 Å². The molecule has 0 aliphatic carbocycles. The zero-order valence-electron chi connectivity index (χ0n) is 10.7. The predicted molar refractivity (Wildman–Crippen MR) is 75.5 cm³/mol. The Balaban J connectivity index is 2.08. The van der Waals surface area contributed by atoms with Crippen LogP contribution in [0.1, 0.15) is 11.3 Å². The van der Waals surface area contributed by atoms with Gasteiger partial charge in [0.25, 0.3) is 0 Å². The average molecular weight is 309 g/mol. The molecule has 0 aliphatic rings. The van der Waals surface area contributed by atoms with Crippen molar-refractivity contribution in [1.29, 1.82) is 0 Å². The summed E-state index contributed by atoms with van der Waals surface area (Å²) in [6, 6.07) is 9.04. The monoisotopic (exact) mass is 309 g/mol. The van der Waals surface area contributed by atoms with E-state index >= 15 is 0 Å². The van der Waals surface area contributed by atoms with Crippen molar-refractivity contribution in [1.82, 2.24) is 14.5 Å². The molecule has 0 radical (unpaired) electrons. The van der Waals surface area contributed by atoms with E-state index in [1.165, 1.54) is 6.07 Å². The van der Waals surface area contributed by atoms with Gasteiger partial charge in [0.1, 0.15) is 0 Å². The highest BCUT2D eigenvalue weighted by molar-refractivity contribution is 7.71.